The van der Waals surface area contributed by atoms with Gasteiger partial charge in [-0.1, -0.05) is 48.9 Å². The maximum Gasteiger partial charge on any atom is 0.323 e. The summed E-state index contributed by atoms with van der Waals surface area (Å²) in [6.45, 7) is 2.00. The van der Waals surface area contributed by atoms with Crippen molar-refractivity contribution in [2.24, 2.45) is 0 Å². The van der Waals surface area contributed by atoms with Crippen molar-refractivity contribution in [3.05, 3.63) is 93.2 Å². The van der Waals surface area contributed by atoms with E-state index in [9.17, 15) is 19.5 Å². The van der Waals surface area contributed by atoms with Gasteiger partial charge < -0.3 is 14.6 Å². The number of hydrogen-bond donors (Lipinski definition) is 1. The number of anilines is 1. The molecule has 5 aromatic rings. The van der Waals surface area contributed by atoms with Crippen LogP contribution in [0.4, 0.5) is 5.95 Å². The molecule has 2 aromatic carbocycles. The summed E-state index contributed by atoms with van der Waals surface area (Å²) in [7, 11) is 5.34. The molecule has 0 aliphatic carbocycles. The molecule has 0 bridgehead atoms. The summed E-state index contributed by atoms with van der Waals surface area (Å²) in [5.41, 5.74) is 1.61. The molecule has 0 aliphatic heterocycles. The first-order valence-electron chi connectivity index (χ1n) is 13.2. The van der Waals surface area contributed by atoms with E-state index in [1.165, 1.54) is 20.8 Å². The normalized spacial score (nSPS) is 11.4. The van der Waals surface area contributed by atoms with Crippen LogP contribution >= 0.6 is 22.9 Å². The van der Waals surface area contributed by atoms with Crippen LogP contribution < -0.4 is 4.90 Å². The Morgan fingerprint density at radius 2 is 1.69 bits per heavy atom. The lowest BCUT2D eigenvalue weighted by Crippen LogP contribution is -2.31. The lowest BCUT2D eigenvalue weighted by Gasteiger charge is -2.20. The molecule has 12 heteroatoms. The fourth-order valence-corrected chi connectivity index (χ4v) is 6.13. The molecule has 0 spiro atoms. The van der Waals surface area contributed by atoms with E-state index >= 15 is 0 Å². The highest BCUT2D eigenvalue weighted by molar-refractivity contribution is 7.15. The van der Waals surface area contributed by atoms with Gasteiger partial charge in [-0.25, -0.2) is 0 Å². The summed E-state index contributed by atoms with van der Waals surface area (Å²) in [5, 5.41) is 20.1. The van der Waals surface area contributed by atoms with Gasteiger partial charge in [-0.3, -0.25) is 23.9 Å². The van der Waals surface area contributed by atoms with Crippen LogP contribution in [0.2, 0.25) is 5.02 Å². The van der Waals surface area contributed by atoms with E-state index in [2.05, 4.69) is 10.2 Å². The van der Waals surface area contributed by atoms with Crippen molar-refractivity contribution in [2.75, 3.05) is 26.0 Å². The van der Waals surface area contributed by atoms with Crippen molar-refractivity contribution < 1.29 is 19.5 Å². The van der Waals surface area contributed by atoms with Gasteiger partial charge in [0.15, 0.2) is 11.6 Å². The van der Waals surface area contributed by atoms with Crippen molar-refractivity contribution in [3.63, 3.8) is 0 Å². The number of benzene rings is 2. The number of carbonyl (C=O) groups is 3. The van der Waals surface area contributed by atoms with Crippen molar-refractivity contribution in [3.8, 4) is 5.00 Å². The number of carboxylic acid groups (broad SMARTS) is 1. The van der Waals surface area contributed by atoms with Crippen LogP contribution in [0.1, 0.15) is 44.0 Å². The molecule has 0 saturated heterocycles. The highest BCUT2D eigenvalue weighted by atomic mass is 35.5. The second-order valence-electron chi connectivity index (χ2n) is 10.0. The van der Waals surface area contributed by atoms with Crippen LogP contribution in [0.25, 0.3) is 15.9 Å². The molecule has 1 amide bonds. The van der Waals surface area contributed by atoms with Crippen LogP contribution in [-0.4, -0.2) is 68.1 Å². The zero-order valence-corrected chi connectivity index (χ0v) is 25.1. The summed E-state index contributed by atoms with van der Waals surface area (Å²) >= 11 is 7.83. The Balaban J connectivity index is 1.67. The molecule has 3 heterocycles. The lowest BCUT2D eigenvalue weighted by atomic mass is 10.0. The van der Waals surface area contributed by atoms with Crippen molar-refractivity contribution in [1.29, 1.82) is 0 Å². The molecule has 0 atom stereocenters. The number of para-hydroxylation sites is 1. The molecular formula is C30H29ClN6O4S. The van der Waals surface area contributed by atoms with E-state index in [-0.39, 0.29) is 24.0 Å². The van der Waals surface area contributed by atoms with Crippen molar-refractivity contribution in [2.45, 2.75) is 26.4 Å². The number of amides is 1. The number of nitrogens with zero attached hydrogens (tertiary/aromatic N) is 6. The van der Waals surface area contributed by atoms with E-state index in [0.717, 1.165) is 10.3 Å². The Kier molecular flexibility index (Phi) is 8.26. The average molecular weight is 605 g/mol. The quantitative estimate of drug-likeness (QED) is 0.219. The maximum absolute atomic E-state index is 14.0. The Hall–Kier alpha value is -4.32. The van der Waals surface area contributed by atoms with Crippen LogP contribution in [0.15, 0.2) is 60.7 Å². The second kappa shape index (κ2) is 11.9. The van der Waals surface area contributed by atoms with Gasteiger partial charge in [-0.2, -0.15) is 0 Å². The van der Waals surface area contributed by atoms with E-state index in [1.807, 2.05) is 44.1 Å². The molecule has 1 N–H and O–H groups in total. The molecule has 5 rings (SSSR count). The number of carboxylic acids is 1. The SMILES string of the molecule is CCc1cc(C(=O)c2ccccc2Cl)c(-n2c(CN(C)C)nnc2N(C)C(=O)c2cc3ccccc3n2CC(=O)O)s1. The van der Waals surface area contributed by atoms with Crippen LogP contribution in [-0.2, 0) is 24.3 Å². The Morgan fingerprint density at radius 1 is 0.976 bits per heavy atom. The minimum Gasteiger partial charge on any atom is -0.480 e. The second-order valence-corrected chi connectivity index (χ2v) is 11.5. The number of fused-ring (bicyclic) bond motifs is 1. The van der Waals surface area contributed by atoms with Crippen LogP contribution in [0, 0.1) is 0 Å². The molecule has 3 aromatic heterocycles. The zero-order valence-electron chi connectivity index (χ0n) is 23.5. The summed E-state index contributed by atoms with van der Waals surface area (Å²) in [6, 6.07) is 17.6. The lowest BCUT2D eigenvalue weighted by molar-refractivity contribution is -0.137. The number of aliphatic carboxylic acids is 1. The molecule has 0 radical (unpaired) electrons. The standard InChI is InChI=1S/C30H29ClN6O4S/c1-5-19-15-21(27(40)20-11-7-8-12-22(20)31)29(42-19)37-25(16-34(2)3)32-33-30(37)35(4)28(41)24-14-18-10-6-9-13-23(18)36(24)17-26(38)39/h6-15H,5,16-17H2,1-4H3,(H,38,39). The van der Waals surface area contributed by atoms with Crippen LogP contribution in [0.5, 0.6) is 0 Å². The predicted octanol–water partition coefficient (Wildman–Crippen LogP) is 5.15. The first kappa shape index (κ1) is 29.2. The minimum absolute atomic E-state index is 0.192. The number of carbonyl (C=O) groups excluding carboxylic acids is 2. The van der Waals surface area contributed by atoms with Gasteiger partial charge >= 0.3 is 5.97 Å². The summed E-state index contributed by atoms with van der Waals surface area (Å²) in [4.78, 5) is 43.8. The predicted molar refractivity (Wildman–Crippen MR) is 163 cm³/mol. The number of hydrogen-bond acceptors (Lipinski definition) is 7. The topological polar surface area (TPSA) is 114 Å². The molecule has 216 valence electrons. The number of halogens is 1. The first-order valence-corrected chi connectivity index (χ1v) is 14.4. The van der Waals surface area contributed by atoms with Crippen molar-refractivity contribution >= 4 is 57.4 Å². The van der Waals surface area contributed by atoms with Gasteiger partial charge in [-0.05, 0) is 50.8 Å². The van der Waals surface area contributed by atoms with Gasteiger partial charge in [0.25, 0.3) is 5.91 Å². The zero-order chi connectivity index (χ0) is 30.1. The summed E-state index contributed by atoms with van der Waals surface area (Å²) in [5.74, 6) is -1.07. The third kappa shape index (κ3) is 5.46. The fourth-order valence-electron chi connectivity index (χ4n) is 4.80. The number of ketones is 1. The molecule has 0 fully saturated rings. The number of rotatable bonds is 10. The highest BCUT2D eigenvalue weighted by Crippen LogP contribution is 2.34. The summed E-state index contributed by atoms with van der Waals surface area (Å²) < 4.78 is 3.21. The third-order valence-electron chi connectivity index (χ3n) is 6.78. The third-order valence-corrected chi connectivity index (χ3v) is 8.37. The molecule has 10 nitrogen and oxygen atoms in total. The van der Waals surface area contributed by atoms with Gasteiger partial charge in [-0.15, -0.1) is 21.5 Å². The molecule has 42 heavy (non-hydrogen) atoms. The molecular weight excluding hydrogens is 576 g/mol. The van der Waals surface area contributed by atoms with Crippen molar-refractivity contribution in [1.82, 2.24) is 24.2 Å². The number of thiophene rings is 1. The van der Waals surface area contributed by atoms with E-state index in [1.54, 1.807) is 54.1 Å². The van der Waals surface area contributed by atoms with Gasteiger partial charge in [0.05, 0.1) is 17.1 Å². The van der Waals surface area contributed by atoms with E-state index in [4.69, 9.17) is 11.6 Å². The number of aryl methyl sites for hydroxylation is 1. The molecule has 0 saturated carbocycles. The smallest absolute Gasteiger partial charge is 0.323 e. The number of aromatic nitrogens is 4. The Bertz CT molecular complexity index is 1820. The average Bonchev–Trinajstić information content (AvgIpc) is 3.67. The molecule has 0 aliphatic rings. The van der Waals surface area contributed by atoms with E-state index in [0.29, 0.717) is 45.5 Å². The summed E-state index contributed by atoms with van der Waals surface area (Å²) in [6.07, 6.45) is 0.692. The van der Waals surface area contributed by atoms with Gasteiger partial charge in [0.2, 0.25) is 5.95 Å². The largest absolute Gasteiger partial charge is 0.480 e. The van der Waals surface area contributed by atoms with Gasteiger partial charge in [0, 0.05) is 28.4 Å². The Morgan fingerprint density at radius 3 is 2.38 bits per heavy atom. The first-order chi connectivity index (χ1) is 20.1. The van der Waals surface area contributed by atoms with Crippen LogP contribution in [0.3, 0.4) is 0 Å². The Labute approximate surface area is 251 Å². The van der Waals surface area contributed by atoms with Gasteiger partial charge in [0.1, 0.15) is 17.2 Å². The fraction of sp³-hybridized carbons (Fsp3) is 0.233. The van der Waals surface area contributed by atoms with E-state index < -0.39 is 11.9 Å². The monoisotopic (exact) mass is 604 g/mol. The molecule has 0 unspecified atom stereocenters. The highest BCUT2D eigenvalue weighted by Gasteiger charge is 2.30. The minimum atomic E-state index is -1.07. The maximum atomic E-state index is 14.0.